The number of imidazole rings is 1. The molecule has 3 aromatic rings. The van der Waals surface area contributed by atoms with Crippen molar-refractivity contribution in [3.63, 3.8) is 0 Å². The molecule has 1 fully saturated rings. The van der Waals surface area contributed by atoms with Crippen molar-refractivity contribution in [3.8, 4) is 0 Å². The summed E-state index contributed by atoms with van der Waals surface area (Å²) in [6.07, 6.45) is 5.46. The maximum absolute atomic E-state index is 12.6. The maximum Gasteiger partial charge on any atom is 0.251 e. The van der Waals surface area contributed by atoms with Crippen LogP contribution in [-0.2, 0) is 11.3 Å². The van der Waals surface area contributed by atoms with Crippen LogP contribution in [0.5, 0.6) is 0 Å². The summed E-state index contributed by atoms with van der Waals surface area (Å²) in [6, 6.07) is 7.51. The number of aryl methyl sites for hydroxylation is 1. The Kier molecular flexibility index (Phi) is 4.71. The molecule has 2 N–H and O–H groups in total. The number of fused-ring (bicyclic) bond motifs is 1. The number of aromatic nitrogens is 4. The molecular weight excluding hydrogens is 330 g/mol. The summed E-state index contributed by atoms with van der Waals surface area (Å²) in [6.45, 7) is 4.22. The van der Waals surface area contributed by atoms with Crippen molar-refractivity contribution in [2.45, 2.75) is 32.4 Å². The topological polar surface area (TPSA) is 84.8 Å². The molecule has 1 saturated heterocycles. The maximum atomic E-state index is 12.6. The molecule has 26 heavy (non-hydrogen) atoms. The first-order valence-corrected chi connectivity index (χ1v) is 9.11. The molecule has 1 aliphatic heterocycles. The predicted molar refractivity (Wildman–Crippen MR) is 97.7 cm³/mol. The molecule has 0 radical (unpaired) electrons. The van der Waals surface area contributed by atoms with E-state index in [-0.39, 0.29) is 17.9 Å². The van der Waals surface area contributed by atoms with Crippen LogP contribution in [0, 0.1) is 5.92 Å². The summed E-state index contributed by atoms with van der Waals surface area (Å²) >= 11 is 0. The van der Waals surface area contributed by atoms with Crippen molar-refractivity contribution >= 4 is 16.9 Å². The van der Waals surface area contributed by atoms with E-state index >= 15 is 0 Å². The molecule has 0 saturated carbocycles. The van der Waals surface area contributed by atoms with Gasteiger partial charge in [-0.05, 0) is 44.0 Å². The molecular formula is C19H23N5O2. The summed E-state index contributed by atoms with van der Waals surface area (Å²) in [5.74, 6) is 0.167. The minimum atomic E-state index is -0.0742. The van der Waals surface area contributed by atoms with Crippen LogP contribution in [0.1, 0.15) is 41.9 Å². The first-order chi connectivity index (χ1) is 12.8. The molecule has 0 spiro atoms. The van der Waals surface area contributed by atoms with Gasteiger partial charge in [-0.25, -0.2) is 4.98 Å². The van der Waals surface area contributed by atoms with Gasteiger partial charge in [-0.15, -0.1) is 0 Å². The summed E-state index contributed by atoms with van der Waals surface area (Å²) in [7, 11) is 0. The van der Waals surface area contributed by atoms with Gasteiger partial charge in [0.1, 0.15) is 6.10 Å². The summed E-state index contributed by atoms with van der Waals surface area (Å²) in [4.78, 5) is 19.8. The van der Waals surface area contributed by atoms with Crippen molar-refractivity contribution in [1.29, 1.82) is 0 Å². The van der Waals surface area contributed by atoms with Crippen LogP contribution in [-0.4, -0.2) is 38.8 Å². The Morgan fingerprint density at radius 2 is 2.35 bits per heavy atom. The van der Waals surface area contributed by atoms with Gasteiger partial charge < -0.3 is 15.0 Å². The summed E-state index contributed by atoms with van der Waals surface area (Å²) in [5.41, 5.74) is 3.44. The quantitative estimate of drug-likeness (QED) is 0.738. The molecule has 3 heterocycles. The average molecular weight is 353 g/mol. The van der Waals surface area contributed by atoms with Gasteiger partial charge in [0, 0.05) is 37.4 Å². The zero-order chi connectivity index (χ0) is 17.9. The van der Waals surface area contributed by atoms with Crippen LogP contribution in [0.3, 0.4) is 0 Å². The Bertz CT molecular complexity index is 900. The number of carbonyl (C=O) groups is 1. The normalized spacial score (nSPS) is 20.3. The fourth-order valence-electron chi connectivity index (χ4n) is 3.63. The largest absolute Gasteiger partial charge is 0.372 e. The number of carbonyl (C=O) groups excluding carboxylic acids is 1. The van der Waals surface area contributed by atoms with E-state index in [1.807, 2.05) is 29.1 Å². The van der Waals surface area contributed by atoms with E-state index in [0.29, 0.717) is 12.1 Å². The SMILES string of the molecule is CCn1nccc1[C@@H]1OCCC[C@H]1CNC(=O)c1ccc2nc[nH]c2c1. The molecule has 1 amide bonds. The number of rotatable bonds is 5. The number of nitrogens with one attached hydrogen (secondary N) is 2. The Labute approximate surface area is 151 Å². The van der Waals surface area contributed by atoms with Crippen molar-refractivity contribution < 1.29 is 9.53 Å². The molecule has 2 aromatic heterocycles. The second kappa shape index (κ2) is 7.29. The highest BCUT2D eigenvalue weighted by atomic mass is 16.5. The lowest BCUT2D eigenvalue weighted by molar-refractivity contribution is -0.0321. The van der Waals surface area contributed by atoms with E-state index in [1.54, 1.807) is 12.4 Å². The van der Waals surface area contributed by atoms with Gasteiger partial charge in [0.15, 0.2) is 0 Å². The second-order valence-electron chi connectivity index (χ2n) is 6.61. The number of hydrogen-bond acceptors (Lipinski definition) is 4. The van der Waals surface area contributed by atoms with Crippen LogP contribution in [0.15, 0.2) is 36.8 Å². The first-order valence-electron chi connectivity index (χ1n) is 9.11. The second-order valence-corrected chi connectivity index (χ2v) is 6.61. The van der Waals surface area contributed by atoms with Crippen LogP contribution >= 0.6 is 0 Å². The number of nitrogens with zero attached hydrogens (tertiary/aromatic N) is 3. The van der Waals surface area contributed by atoms with Crippen molar-refractivity contribution in [2.75, 3.05) is 13.2 Å². The summed E-state index contributed by atoms with van der Waals surface area (Å²) < 4.78 is 8.01. The average Bonchev–Trinajstić information content (AvgIpc) is 3.34. The number of H-pyrrole nitrogens is 1. The Balaban J connectivity index is 1.45. The number of ether oxygens (including phenoxy) is 1. The zero-order valence-electron chi connectivity index (χ0n) is 14.8. The fourth-order valence-corrected chi connectivity index (χ4v) is 3.63. The molecule has 7 heteroatoms. The van der Waals surface area contributed by atoms with Crippen molar-refractivity contribution in [3.05, 3.63) is 48.0 Å². The predicted octanol–water partition coefficient (Wildman–Crippen LogP) is 2.68. The minimum Gasteiger partial charge on any atom is -0.372 e. The number of hydrogen-bond donors (Lipinski definition) is 2. The van der Waals surface area contributed by atoms with E-state index in [9.17, 15) is 4.79 Å². The third-order valence-electron chi connectivity index (χ3n) is 4.99. The molecule has 0 bridgehead atoms. The highest BCUT2D eigenvalue weighted by Gasteiger charge is 2.30. The standard InChI is InChI=1S/C19H23N5O2/c1-2-24-17(7-8-23-24)18-14(4-3-9-26-18)11-20-19(25)13-5-6-15-16(10-13)22-12-21-15/h5-8,10,12,14,18H,2-4,9,11H2,1H3,(H,20,25)(H,21,22)/t14-,18+/m0/s1. The molecule has 136 valence electrons. The van der Waals surface area contributed by atoms with Crippen LogP contribution in [0.4, 0.5) is 0 Å². The Morgan fingerprint density at radius 1 is 1.42 bits per heavy atom. The van der Waals surface area contributed by atoms with E-state index in [0.717, 1.165) is 42.7 Å². The van der Waals surface area contributed by atoms with E-state index in [1.165, 1.54) is 0 Å². The minimum absolute atomic E-state index is 0.0263. The molecule has 2 atom stereocenters. The Hall–Kier alpha value is -2.67. The third-order valence-corrected chi connectivity index (χ3v) is 4.99. The number of aromatic amines is 1. The molecule has 0 aliphatic carbocycles. The smallest absolute Gasteiger partial charge is 0.251 e. The van der Waals surface area contributed by atoms with Gasteiger partial charge in [0.25, 0.3) is 5.91 Å². The monoisotopic (exact) mass is 353 g/mol. The van der Waals surface area contributed by atoms with Crippen LogP contribution in [0.2, 0.25) is 0 Å². The van der Waals surface area contributed by atoms with Crippen molar-refractivity contribution in [2.24, 2.45) is 5.92 Å². The van der Waals surface area contributed by atoms with E-state index in [4.69, 9.17) is 4.74 Å². The van der Waals surface area contributed by atoms with Crippen molar-refractivity contribution in [1.82, 2.24) is 25.1 Å². The zero-order valence-corrected chi connectivity index (χ0v) is 14.8. The first kappa shape index (κ1) is 16.8. The highest BCUT2D eigenvalue weighted by molar-refractivity contribution is 5.97. The van der Waals surface area contributed by atoms with E-state index in [2.05, 4.69) is 27.3 Å². The van der Waals surface area contributed by atoms with Gasteiger partial charge in [-0.2, -0.15) is 5.10 Å². The molecule has 1 aromatic carbocycles. The summed E-state index contributed by atoms with van der Waals surface area (Å²) in [5, 5.41) is 7.42. The third kappa shape index (κ3) is 3.22. The van der Waals surface area contributed by atoms with Gasteiger partial charge in [0.05, 0.1) is 23.1 Å². The van der Waals surface area contributed by atoms with E-state index < -0.39 is 0 Å². The fraction of sp³-hybridized carbons (Fsp3) is 0.421. The molecule has 4 rings (SSSR count). The van der Waals surface area contributed by atoms with Crippen LogP contribution < -0.4 is 5.32 Å². The highest BCUT2D eigenvalue weighted by Crippen LogP contribution is 2.33. The lowest BCUT2D eigenvalue weighted by Gasteiger charge is -2.32. The molecule has 0 unspecified atom stereocenters. The lowest BCUT2D eigenvalue weighted by Crippen LogP contribution is -2.35. The van der Waals surface area contributed by atoms with Gasteiger partial charge in [-0.1, -0.05) is 0 Å². The Morgan fingerprint density at radius 3 is 3.23 bits per heavy atom. The van der Waals surface area contributed by atoms with Gasteiger partial charge >= 0.3 is 0 Å². The molecule has 7 nitrogen and oxygen atoms in total. The van der Waals surface area contributed by atoms with Crippen LogP contribution in [0.25, 0.3) is 11.0 Å². The van der Waals surface area contributed by atoms with Gasteiger partial charge in [-0.3, -0.25) is 9.48 Å². The van der Waals surface area contributed by atoms with Gasteiger partial charge in [0.2, 0.25) is 0 Å². The number of benzene rings is 1. The molecule has 1 aliphatic rings. The lowest BCUT2D eigenvalue weighted by atomic mass is 9.92. The number of amides is 1.